The van der Waals surface area contributed by atoms with E-state index in [0.29, 0.717) is 13.0 Å². The zero-order valence-electron chi connectivity index (χ0n) is 11.0. The number of hydrogen-bond acceptors (Lipinski definition) is 4. The van der Waals surface area contributed by atoms with Gasteiger partial charge < -0.3 is 9.64 Å². The molecule has 1 saturated heterocycles. The lowest BCUT2D eigenvalue weighted by atomic mass is 10.0. The van der Waals surface area contributed by atoms with Crippen LogP contribution in [0, 0.1) is 0 Å². The van der Waals surface area contributed by atoms with Gasteiger partial charge in [0, 0.05) is 6.54 Å². The molecule has 1 aromatic rings. The van der Waals surface area contributed by atoms with E-state index in [1.165, 1.54) is 19.2 Å². The van der Waals surface area contributed by atoms with Gasteiger partial charge in [0.25, 0.3) is 0 Å². The van der Waals surface area contributed by atoms with Crippen molar-refractivity contribution in [2.24, 2.45) is 0 Å². The molecule has 7 heteroatoms. The lowest BCUT2D eigenvalue weighted by Crippen LogP contribution is -2.45. The Morgan fingerprint density at radius 3 is 2.80 bits per heavy atom. The number of alkyl halides is 3. The van der Waals surface area contributed by atoms with Crippen molar-refractivity contribution >= 4 is 11.8 Å². The summed E-state index contributed by atoms with van der Waals surface area (Å²) < 4.78 is 42.8. The maximum Gasteiger partial charge on any atom is 0.433 e. The van der Waals surface area contributed by atoms with Crippen LogP contribution >= 0.6 is 0 Å². The van der Waals surface area contributed by atoms with Crippen LogP contribution in [0.2, 0.25) is 0 Å². The van der Waals surface area contributed by atoms with E-state index in [1.54, 1.807) is 4.90 Å². The van der Waals surface area contributed by atoms with E-state index in [0.717, 1.165) is 18.9 Å². The van der Waals surface area contributed by atoms with E-state index in [2.05, 4.69) is 4.98 Å². The third-order valence-corrected chi connectivity index (χ3v) is 3.30. The lowest BCUT2D eigenvalue weighted by Gasteiger charge is -2.34. The van der Waals surface area contributed by atoms with Crippen LogP contribution in [0.15, 0.2) is 18.2 Å². The molecule has 0 aromatic carbocycles. The predicted octanol–water partition coefficient (Wildman–Crippen LogP) is 2.63. The van der Waals surface area contributed by atoms with E-state index in [-0.39, 0.29) is 5.82 Å². The van der Waals surface area contributed by atoms with Gasteiger partial charge in [-0.05, 0) is 31.4 Å². The van der Waals surface area contributed by atoms with Crippen LogP contribution in [0.1, 0.15) is 25.0 Å². The minimum Gasteiger partial charge on any atom is -0.467 e. The van der Waals surface area contributed by atoms with E-state index in [4.69, 9.17) is 4.74 Å². The molecule has 0 radical (unpaired) electrons. The zero-order valence-corrected chi connectivity index (χ0v) is 11.0. The molecule has 1 fully saturated rings. The summed E-state index contributed by atoms with van der Waals surface area (Å²) in [4.78, 5) is 16.9. The molecule has 1 unspecified atom stereocenters. The van der Waals surface area contributed by atoms with Crippen molar-refractivity contribution in [3.8, 4) is 0 Å². The van der Waals surface area contributed by atoms with Gasteiger partial charge in [0.2, 0.25) is 0 Å². The van der Waals surface area contributed by atoms with Gasteiger partial charge in [-0.25, -0.2) is 9.78 Å². The quantitative estimate of drug-likeness (QED) is 0.785. The Morgan fingerprint density at radius 1 is 1.40 bits per heavy atom. The summed E-state index contributed by atoms with van der Waals surface area (Å²) in [6.45, 7) is 0.494. The second-order valence-electron chi connectivity index (χ2n) is 4.61. The molecule has 0 amide bonds. The molecule has 2 heterocycles. The molecule has 1 aromatic heterocycles. The number of carbonyl (C=O) groups is 1. The maximum absolute atomic E-state index is 12.7. The van der Waals surface area contributed by atoms with Crippen LogP contribution in [-0.4, -0.2) is 30.6 Å². The van der Waals surface area contributed by atoms with Crippen molar-refractivity contribution in [3.63, 3.8) is 0 Å². The topological polar surface area (TPSA) is 42.4 Å². The number of pyridine rings is 1. The molecule has 110 valence electrons. The number of nitrogens with zero attached hydrogens (tertiary/aromatic N) is 2. The molecule has 1 aliphatic heterocycles. The Morgan fingerprint density at radius 2 is 2.15 bits per heavy atom. The molecular formula is C13H15F3N2O2. The molecule has 0 aliphatic carbocycles. The molecule has 0 spiro atoms. The number of methoxy groups -OCH3 is 1. The second-order valence-corrected chi connectivity index (χ2v) is 4.61. The van der Waals surface area contributed by atoms with Crippen LogP contribution in [-0.2, 0) is 15.7 Å². The molecule has 0 bridgehead atoms. The van der Waals surface area contributed by atoms with E-state index >= 15 is 0 Å². The second kappa shape index (κ2) is 5.68. The molecule has 20 heavy (non-hydrogen) atoms. The fraction of sp³-hybridized carbons (Fsp3) is 0.538. The predicted molar refractivity (Wildman–Crippen MR) is 66.2 cm³/mol. The molecular weight excluding hydrogens is 273 g/mol. The summed E-state index contributed by atoms with van der Waals surface area (Å²) >= 11 is 0. The van der Waals surface area contributed by atoms with Crippen LogP contribution in [0.5, 0.6) is 0 Å². The number of halogens is 3. The fourth-order valence-corrected chi connectivity index (χ4v) is 2.33. The number of piperidine rings is 1. The smallest absolute Gasteiger partial charge is 0.433 e. The highest BCUT2D eigenvalue weighted by atomic mass is 19.4. The van der Waals surface area contributed by atoms with Gasteiger partial charge in [-0.1, -0.05) is 6.07 Å². The first-order valence-corrected chi connectivity index (χ1v) is 6.32. The van der Waals surface area contributed by atoms with Gasteiger partial charge in [-0.15, -0.1) is 0 Å². The third kappa shape index (κ3) is 3.02. The van der Waals surface area contributed by atoms with Gasteiger partial charge in [-0.3, -0.25) is 0 Å². The number of aromatic nitrogens is 1. The van der Waals surface area contributed by atoms with Crippen LogP contribution in [0.4, 0.5) is 19.0 Å². The van der Waals surface area contributed by atoms with E-state index in [1.807, 2.05) is 0 Å². The van der Waals surface area contributed by atoms with Gasteiger partial charge in [0.15, 0.2) is 0 Å². The van der Waals surface area contributed by atoms with Crippen LogP contribution in [0.25, 0.3) is 0 Å². The fourth-order valence-electron chi connectivity index (χ4n) is 2.33. The summed E-state index contributed by atoms with van der Waals surface area (Å²) in [5.41, 5.74) is -0.954. The first kappa shape index (κ1) is 14.6. The summed E-state index contributed by atoms with van der Waals surface area (Å²) in [6, 6.07) is 3.13. The number of ether oxygens (including phenoxy) is 1. The van der Waals surface area contributed by atoms with Crippen molar-refractivity contribution in [1.29, 1.82) is 0 Å². The average Bonchev–Trinajstić information content (AvgIpc) is 2.45. The highest BCUT2D eigenvalue weighted by Gasteiger charge is 2.35. The SMILES string of the molecule is COC(=O)C1CCCCN1c1cccc(C(F)(F)F)n1. The Hall–Kier alpha value is -1.79. The molecule has 1 aliphatic rings. The van der Waals surface area contributed by atoms with Gasteiger partial charge in [0.05, 0.1) is 7.11 Å². The monoisotopic (exact) mass is 288 g/mol. The molecule has 1 atom stereocenters. The van der Waals surface area contributed by atoms with Gasteiger partial charge >= 0.3 is 12.1 Å². The number of carbonyl (C=O) groups excluding carboxylic acids is 1. The normalized spacial score (nSPS) is 19.8. The van der Waals surface area contributed by atoms with Gasteiger partial charge in [0.1, 0.15) is 17.6 Å². The van der Waals surface area contributed by atoms with Crippen molar-refractivity contribution < 1.29 is 22.7 Å². The summed E-state index contributed by atoms with van der Waals surface area (Å²) in [7, 11) is 1.27. The number of hydrogen-bond donors (Lipinski definition) is 0. The third-order valence-electron chi connectivity index (χ3n) is 3.30. The van der Waals surface area contributed by atoms with Crippen LogP contribution in [0.3, 0.4) is 0 Å². The molecule has 0 N–H and O–H groups in total. The first-order valence-electron chi connectivity index (χ1n) is 6.32. The Bertz CT molecular complexity index is 491. The van der Waals surface area contributed by atoms with Crippen molar-refractivity contribution in [1.82, 2.24) is 4.98 Å². The number of esters is 1. The Kier molecular flexibility index (Phi) is 4.15. The number of anilines is 1. The highest BCUT2D eigenvalue weighted by Crippen LogP contribution is 2.30. The van der Waals surface area contributed by atoms with Crippen molar-refractivity contribution in [2.75, 3.05) is 18.6 Å². The first-order chi connectivity index (χ1) is 9.43. The van der Waals surface area contributed by atoms with E-state index < -0.39 is 23.9 Å². The molecule has 4 nitrogen and oxygen atoms in total. The standard InChI is InChI=1S/C13H15F3N2O2/c1-20-12(19)9-5-2-3-8-18(9)11-7-4-6-10(17-11)13(14,15)16/h4,6-7,9H,2-3,5,8H2,1H3. The summed E-state index contributed by atoms with van der Waals surface area (Å²) in [6.07, 6.45) is -2.28. The van der Waals surface area contributed by atoms with Crippen molar-refractivity contribution in [2.45, 2.75) is 31.5 Å². The van der Waals surface area contributed by atoms with Gasteiger partial charge in [-0.2, -0.15) is 13.2 Å². The molecule has 0 saturated carbocycles. The summed E-state index contributed by atoms with van der Waals surface area (Å²) in [5.74, 6) is -0.279. The lowest BCUT2D eigenvalue weighted by molar-refractivity contribution is -0.142. The average molecular weight is 288 g/mol. The molecule has 2 rings (SSSR count). The van der Waals surface area contributed by atoms with E-state index in [9.17, 15) is 18.0 Å². The van der Waals surface area contributed by atoms with Crippen molar-refractivity contribution in [3.05, 3.63) is 23.9 Å². The highest BCUT2D eigenvalue weighted by molar-refractivity contribution is 5.79. The summed E-state index contributed by atoms with van der Waals surface area (Å²) in [5, 5.41) is 0. The number of rotatable bonds is 2. The zero-order chi connectivity index (χ0) is 14.8. The minimum atomic E-state index is -4.49. The maximum atomic E-state index is 12.7. The Labute approximate surface area is 114 Å². The van der Waals surface area contributed by atoms with Crippen LogP contribution < -0.4 is 4.90 Å². The Balaban J connectivity index is 2.30. The largest absolute Gasteiger partial charge is 0.467 e. The minimum absolute atomic E-state index is 0.162.